The number of aryl methyl sites for hydroxylation is 2. The third-order valence-electron chi connectivity index (χ3n) is 5.28. The fourth-order valence-electron chi connectivity index (χ4n) is 3.59. The summed E-state index contributed by atoms with van der Waals surface area (Å²) in [4.78, 5) is 18.3. The van der Waals surface area contributed by atoms with Crippen molar-refractivity contribution < 1.29 is 14.3 Å². The average molecular weight is 536 g/mol. The zero-order chi connectivity index (χ0) is 26.2. The van der Waals surface area contributed by atoms with Crippen molar-refractivity contribution in [3.05, 3.63) is 77.5 Å². The molecule has 2 aromatic carbocycles. The molecule has 0 saturated carbocycles. The number of benzene rings is 2. The molecule has 0 aliphatic rings. The second-order valence-corrected chi connectivity index (χ2v) is 10.2. The number of carbonyl (C=O) groups excluding carboxylic acids is 1. The summed E-state index contributed by atoms with van der Waals surface area (Å²) in [6, 6.07) is 15.7. The van der Waals surface area contributed by atoms with Gasteiger partial charge in [0.25, 0.3) is 0 Å². The lowest BCUT2D eigenvalue weighted by Crippen LogP contribution is -2.15. The van der Waals surface area contributed by atoms with Crippen LogP contribution >= 0.6 is 23.1 Å². The molecular weight excluding hydrogens is 506 g/mol. The normalized spacial score (nSPS) is 10.8. The Morgan fingerprint density at radius 2 is 1.95 bits per heavy atom. The van der Waals surface area contributed by atoms with Crippen LogP contribution in [0.2, 0.25) is 0 Å². The maximum absolute atomic E-state index is 12.7. The molecule has 2 aromatic heterocycles. The number of anilines is 1. The summed E-state index contributed by atoms with van der Waals surface area (Å²) in [5.41, 5.74) is 2.99. The van der Waals surface area contributed by atoms with Crippen LogP contribution in [0.4, 0.5) is 5.13 Å². The molecule has 0 unspecified atom stereocenters. The molecule has 0 fully saturated rings. The van der Waals surface area contributed by atoms with E-state index in [0.29, 0.717) is 40.8 Å². The first-order valence-electron chi connectivity index (χ1n) is 11.8. The van der Waals surface area contributed by atoms with Gasteiger partial charge in [0.1, 0.15) is 6.61 Å². The zero-order valence-electron chi connectivity index (χ0n) is 21.1. The van der Waals surface area contributed by atoms with Gasteiger partial charge in [-0.15, -0.1) is 28.1 Å². The van der Waals surface area contributed by atoms with E-state index in [9.17, 15) is 4.79 Å². The van der Waals surface area contributed by atoms with E-state index in [2.05, 4.69) is 27.1 Å². The van der Waals surface area contributed by atoms with Crippen LogP contribution in [0.3, 0.4) is 0 Å². The first-order chi connectivity index (χ1) is 18.0. The Morgan fingerprint density at radius 1 is 1.14 bits per heavy atom. The lowest BCUT2D eigenvalue weighted by atomic mass is 10.1. The molecule has 0 spiro atoms. The van der Waals surface area contributed by atoms with Crippen LogP contribution < -0.4 is 14.8 Å². The number of nitrogens with one attached hydrogen (secondary N) is 1. The van der Waals surface area contributed by atoms with Gasteiger partial charge in [0.2, 0.25) is 5.91 Å². The molecule has 4 rings (SSSR count). The number of hydrogen-bond acceptors (Lipinski definition) is 8. The molecule has 0 aliphatic carbocycles. The van der Waals surface area contributed by atoms with Crippen LogP contribution in [0.5, 0.6) is 11.5 Å². The number of amides is 1. The van der Waals surface area contributed by atoms with Crippen molar-refractivity contribution in [2.75, 3.05) is 17.7 Å². The predicted molar refractivity (Wildman–Crippen MR) is 149 cm³/mol. The van der Waals surface area contributed by atoms with E-state index in [1.54, 1.807) is 6.08 Å². The van der Waals surface area contributed by atoms with E-state index < -0.39 is 0 Å². The highest BCUT2D eigenvalue weighted by Crippen LogP contribution is 2.31. The Hall–Kier alpha value is -3.63. The number of ether oxygens (including phenoxy) is 2. The summed E-state index contributed by atoms with van der Waals surface area (Å²) in [5, 5.41) is 12.7. The van der Waals surface area contributed by atoms with Crippen molar-refractivity contribution in [2.45, 2.75) is 39.1 Å². The van der Waals surface area contributed by atoms with Gasteiger partial charge in [0, 0.05) is 17.0 Å². The minimum Gasteiger partial charge on any atom is -0.490 e. The molecule has 0 radical (unpaired) electrons. The third-order valence-corrected chi connectivity index (χ3v) is 7.14. The van der Waals surface area contributed by atoms with Gasteiger partial charge < -0.3 is 14.8 Å². The Balaban J connectivity index is 1.39. The number of allylic oxidation sites excluding steroid dienone is 1. The van der Waals surface area contributed by atoms with Crippen LogP contribution in [0.25, 0.3) is 11.3 Å². The lowest BCUT2D eigenvalue weighted by Gasteiger charge is -2.13. The number of carbonyl (C=O) groups is 1. The fourth-order valence-corrected chi connectivity index (χ4v) is 5.21. The molecule has 2 heterocycles. The first kappa shape index (κ1) is 26.4. The molecule has 0 saturated heterocycles. The van der Waals surface area contributed by atoms with Crippen molar-refractivity contribution in [2.24, 2.45) is 0 Å². The molecule has 192 valence electrons. The quantitative estimate of drug-likeness (QED) is 0.178. The molecule has 8 nitrogen and oxygen atoms in total. The molecule has 1 N–H and O–H groups in total. The summed E-state index contributed by atoms with van der Waals surface area (Å²) in [6.07, 6.45) is 1.76. The van der Waals surface area contributed by atoms with E-state index >= 15 is 0 Å². The van der Waals surface area contributed by atoms with Gasteiger partial charge >= 0.3 is 0 Å². The van der Waals surface area contributed by atoms with E-state index in [1.807, 2.05) is 73.9 Å². The highest BCUT2D eigenvalue weighted by Gasteiger charge is 2.17. The Labute approximate surface area is 224 Å². The summed E-state index contributed by atoms with van der Waals surface area (Å²) in [5.74, 6) is 1.97. The molecule has 10 heteroatoms. The molecule has 4 aromatic rings. The monoisotopic (exact) mass is 535 g/mol. The van der Waals surface area contributed by atoms with Crippen LogP contribution in [0.1, 0.15) is 23.2 Å². The largest absolute Gasteiger partial charge is 0.490 e. The summed E-state index contributed by atoms with van der Waals surface area (Å²) < 4.78 is 13.6. The first-order valence-corrected chi connectivity index (χ1v) is 13.6. The van der Waals surface area contributed by atoms with Crippen LogP contribution in [0, 0.1) is 13.8 Å². The topological polar surface area (TPSA) is 91.2 Å². The molecule has 37 heavy (non-hydrogen) atoms. The molecule has 0 bridgehead atoms. The van der Waals surface area contributed by atoms with Crippen molar-refractivity contribution in [1.29, 1.82) is 0 Å². The second-order valence-electron chi connectivity index (χ2n) is 8.10. The molecule has 0 atom stereocenters. The Kier molecular flexibility index (Phi) is 8.97. The zero-order valence-corrected chi connectivity index (χ0v) is 22.7. The van der Waals surface area contributed by atoms with Gasteiger partial charge in [-0.1, -0.05) is 54.2 Å². The Bertz CT molecular complexity index is 1370. The molecule has 0 aliphatic heterocycles. The summed E-state index contributed by atoms with van der Waals surface area (Å²) in [7, 11) is 0. The smallest absolute Gasteiger partial charge is 0.236 e. The maximum Gasteiger partial charge on any atom is 0.236 e. The van der Waals surface area contributed by atoms with Crippen molar-refractivity contribution in [3.63, 3.8) is 0 Å². The fraction of sp³-hybridized carbons (Fsp3) is 0.259. The number of rotatable bonds is 12. The Morgan fingerprint density at radius 3 is 2.70 bits per heavy atom. The van der Waals surface area contributed by atoms with Crippen LogP contribution in [0.15, 0.2) is 66.3 Å². The van der Waals surface area contributed by atoms with Crippen molar-refractivity contribution in [1.82, 2.24) is 19.7 Å². The second kappa shape index (κ2) is 12.6. The van der Waals surface area contributed by atoms with Crippen molar-refractivity contribution >= 4 is 34.1 Å². The van der Waals surface area contributed by atoms with E-state index in [1.165, 1.54) is 23.1 Å². The van der Waals surface area contributed by atoms with Gasteiger partial charge in [0.05, 0.1) is 18.1 Å². The minimum atomic E-state index is -0.162. The van der Waals surface area contributed by atoms with Crippen LogP contribution in [-0.2, 0) is 17.9 Å². The predicted octanol–water partition coefficient (Wildman–Crippen LogP) is 5.91. The highest BCUT2D eigenvalue weighted by molar-refractivity contribution is 7.99. The van der Waals surface area contributed by atoms with Gasteiger partial charge in [-0.05, 0) is 38.5 Å². The standard InChI is InChI=1S/C27H29N5O3S2/c1-5-14-32-23(16-35-21-13-12-18(3)15-22(21)34-6-2)30-31-27(32)36-17-24(33)28-26-29-25(19(4)37-26)20-10-8-7-9-11-20/h5,7-13,15H,1,6,14,16-17H2,2-4H3,(H,28,29,33). The van der Waals surface area contributed by atoms with Gasteiger partial charge in [-0.3, -0.25) is 9.36 Å². The summed E-state index contributed by atoms with van der Waals surface area (Å²) in [6.45, 7) is 11.0. The van der Waals surface area contributed by atoms with Gasteiger partial charge in [-0.2, -0.15) is 0 Å². The number of thioether (sulfide) groups is 1. The van der Waals surface area contributed by atoms with E-state index in [0.717, 1.165) is 21.7 Å². The maximum atomic E-state index is 12.7. The number of thiazole rings is 1. The number of hydrogen-bond donors (Lipinski definition) is 1. The van der Waals surface area contributed by atoms with Crippen LogP contribution in [-0.4, -0.2) is 38.0 Å². The number of nitrogens with zero attached hydrogens (tertiary/aromatic N) is 4. The molecule has 1 amide bonds. The molecular formula is C27H29N5O3S2. The van der Waals surface area contributed by atoms with Gasteiger partial charge in [-0.25, -0.2) is 4.98 Å². The third kappa shape index (κ3) is 6.78. The highest BCUT2D eigenvalue weighted by atomic mass is 32.2. The number of aromatic nitrogens is 4. The van der Waals surface area contributed by atoms with E-state index in [-0.39, 0.29) is 18.3 Å². The van der Waals surface area contributed by atoms with Crippen molar-refractivity contribution in [3.8, 4) is 22.8 Å². The minimum absolute atomic E-state index is 0.162. The SMILES string of the molecule is C=CCn1c(COc2ccc(C)cc2OCC)nnc1SCC(=O)Nc1nc(-c2ccccc2)c(C)s1. The summed E-state index contributed by atoms with van der Waals surface area (Å²) >= 11 is 2.76. The lowest BCUT2D eigenvalue weighted by molar-refractivity contribution is -0.113. The average Bonchev–Trinajstić information content (AvgIpc) is 3.45. The van der Waals surface area contributed by atoms with Gasteiger partial charge in [0.15, 0.2) is 27.6 Å². The van der Waals surface area contributed by atoms with E-state index in [4.69, 9.17) is 9.47 Å².